The van der Waals surface area contributed by atoms with Gasteiger partial charge in [0.15, 0.2) is 0 Å². The Morgan fingerprint density at radius 1 is 0.725 bits per heavy atom. The van der Waals surface area contributed by atoms with Gasteiger partial charge in [-0.1, -0.05) is 0 Å². The molecule has 0 aliphatic heterocycles. The van der Waals surface area contributed by atoms with Gasteiger partial charge in [0.05, 0.1) is 0 Å². The molecule has 40 heavy (non-hydrogen) atoms. The van der Waals surface area contributed by atoms with Gasteiger partial charge in [-0.3, -0.25) is 0 Å². The minimum absolute atomic E-state index is 0.0647. The van der Waals surface area contributed by atoms with E-state index in [0.717, 1.165) is 30.6 Å². The van der Waals surface area contributed by atoms with Crippen LogP contribution in [0.2, 0.25) is 0 Å². The third kappa shape index (κ3) is 4.47. The van der Waals surface area contributed by atoms with Gasteiger partial charge in [-0.25, -0.2) is 0 Å². The van der Waals surface area contributed by atoms with Crippen molar-refractivity contribution >= 4 is 29.1 Å². The van der Waals surface area contributed by atoms with Crippen LogP contribution < -0.4 is 10.7 Å². The second-order valence-corrected chi connectivity index (χ2v) is 23.7. The molecule has 2 heteroatoms. The van der Waals surface area contributed by atoms with Crippen molar-refractivity contribution in [3.8, 4) is 0 Å². The SMILES string of the molecule is OC1CC[C@H]2[C@@H]3CCC4=CCCC[C@@H]4[C@H]3CC[C@]12CC=[CH][Sn]([c]1ccccc1)([c]1ccccc1)[c]1ccccc1. The number of fused-ring (bicyclic) bond motifs is 5. The molecule has 6 atom stereocenters. The van der Waals surface area contributed by atoms with Gasteiger partial charge in [-0.2, -0.15) is 0 Å². The zero-order chi connectivity index (χ0) is 27.0. The Morgan fingerprint density at radius 2 is 1.35 bits per heavy atom. The van der Waals surface area contributed by atoms with E-state index in [0.29, 0.717) is 5.92 Å². The van der Waals surface area contributed by atoms with Gasteiger partial charge in [-0.05, 0) is 0 Å². The van der Waals surface area contributed by atoms with Gasteiger partial charge in [0, 0.05) is 0 Å². The molecule has 0 amide bonds. The van der Waals surface area contributed by atoms with Crippen LogP contribution in [0.5, 0.6) is 0 Å². The van der Waals surface area contributed by atoms with Crippen molar-refractivity contribution in [2.24, 2.45) is 29.1 Å². The Balaban J connectivity index is 1.26. The van der Waals surface area contributed by atoms with E-state index in [1.54, 1.807) is 5.57 Å². The van der Waals surface area contributed by atoms with Crippen molar-refractivity contribution in [1.82, 2.24) is 0 Å². The summed E-state index contributed by atoms with van der Waals surface area (Å²) in [5.41, 5.74) is 1.86. The molecule has 4 aliphatic carbocycles. The second kappa shape index (κ2) is 11.3. The van der Waals surface area contributed by atoms with Crippen LogP contribution >= 0.6 is 0 Å². The summed E-state index contributed by atoms with van der Waals surface area (Å²) in [6.45, 7) is 0. The van der Waals surface area contributed by atoms with Gasteiger partial charge >= 0.3 is 246 Å². The molecular formula is C38H44OSn. The minimum atomic E-state index is -3.45. The molecule has 4 aliphatic rings. The van der Waals surface area contributed by atoms with Crippen molar-refractivity contribution in [2.45, 2.75) is 70.3 Å². The molecule has 0 radical (unpaired) electrons. The summed E-state index contributed by atoms with van der Waals surface area (Å²) < 4.78 is 7.19. The van der Waals surface area contributed by atoms with Crippen LogP contribution in [0.4, 0.5) is 0 Å². The summed E-state index contributed by atoms with van der Waals surface area (Å²) in [4.78, 5) is 0. The third-order valence-corrected chi connectivity index (χ3v) is 24.4. The Morgan fingerprint density at radius 3 is 1.98 bits per heavy atom. The summed E-state index contributed by atoms with van der Waals surface area (Å²) in [6, 6.07) is 34.0. The summed E-state index contributed by atoms with van der Waals surface area (Å²) in [6.07, 6.45) is 17.6. The summed E-state index contributed by atoms with van der Waals surface area (Å²) >= 11 is -3.45. The van der Waals surface area contributed by atoms with E-state index in [-0.39, 0.29) is 11.5 Å². The van der Waals surface area contributed by atoms with Crippen LogP contribution in [0.1, 0.15) is 64.2 Å². The maximum absolute atomic E-state index is 11.6. The number of aliphatic hydroxyl groups excluding tert-OH is 1. The van der Waals surface area contributed by atoms with E-state index in [2.05, 4.69) is 107 Å². The summed E-state index contributed by atoms with van der Waals surface area (Å²) in [7, 11) is 0. The quantitative estimate of drug-likeness (QED) is 0.230. The van der Waals surface area contributed by atoms with Crippen LogP contribution in [0.15, 0.2) is 113 Å². The molecular weight excluding hydrogens is 591 g/mol. The van der Waals surface area contributed by atoms with Crippen molar-refractivity contribution < 1.29 is 5.11 Å². The first-order valence-corrected chi connectivity index (χ1v) is 21.9. The number of hydrogen-bond acceptors (Lipinski definition) is 1. The summed E-state index contributed by atoms with van der Waals surface area (Å²) in [5, 5.41) is 11.6. The molecule has 0 heterocycles. The fourth-order valence-electron chi connectivity index (χ4n) is 9.82. The number of benzene rings is 3. The monoisotopic (exact) mass is 636 g/mol. The van der Waals surface area contributed by atoms with Crippen molar-refractivity contribution in [3.05, 3.63) is 113 Å². The fourth-order valence-corrected chi connectivity index (χ4v) is 21.8. The fraction of sp³-hybridized carbons (Fsp3) is 0.421. The summed E-state index contributed by atoms with van der Waals surface area (Å²) in [5.74, 6) is 3.20. The average molecular weight is 635 g/mol. The first-order chi connectivity index (χ1) is 19.7. The first kappa shape index (κ1) is 26.8. The molecule has 3 aromatic carbocycles. The normalized spacial score (nSPS) is 31.7. The predicted molar refractivity (Wildman–Crippen MR) is 170 cm³/mol. The van der Waals surface area contributed by atoms with Gasteiger partial charge in [-0.15, -0.1) is 0 Å². The number of allylic oxidation sites excluding steroid dienone is 3. The molecule has 3 aromatic rings. The van der Waals surface area contributed by atoms with Crippen LogP contribution in [0, 0.1) is 29.1 Å². The Kier molecular flexibility index (Phi) is 7.56. The van der Waals surface area contributed by atoms with E-state index >= 15 is 0 Å². The Bertz CT molecular complexity index is 1250. The van der Waals surface area contributed by atoms with Crippen molar-refractivity contribution in [2.75, 3.05) is 0 Å². The zero-order valence-corrected chi connectivity index (χ0v) is 26.7. The second-order valence-electron chi connectivity index (χ2n) is 13.2. The topological polar surface area (TPSA) is 20.2 Å². The van der Waals surface area contributed by atoms with Crippen molar-refractivity contribution in [3.63, 3.8) is 0 Å². The van der Waals surface area contributed by atoms with Crippen LogP contribution in [-0.4, -0.2) is 29.6 Å². The molecule has 0 aromatic heterocycles. The Labute approximate surface area is 245 Å². The van der Waals surface area contributed by atoms with Gasteiger partial charge < -0.3 is 0 Å². The van der Waals surface area contributed by atoms with E-state index in [4.69, 9.17) is 0 Å². The molecule has 7 rings (SSSR count). The van der Waals surface area contributed by atoms with Gasteiger partial charge in [0.2, 0.25) is 0 Å². The number of rotatable bonds is 6. The molecule has 1 N–H and O–H groups in total. The first-order valence-electron chi connectivity index (χ1n) is 15.9. The standard InChI is InChI=1S/C20H29O.3C6H5.Sn/c1-2-12-20-13-11-16-15-6-4-3-5-14(15)7-8-17(16)18(20)9-10-19(20)21;3*1-2-4-6-5-3-1;/h1-2,5,15-19,21H,3-4,6-13H2;3*1-5H;/t15-,16+,17+,18-,19?,20-;;;;/m0..../s1. The van der Waals surface area contributed by atoms with Crippen LogP contribution in [0.3, 0.4) is 0 Å². The average Bonchev–Trinajstić information content (AvgIpc) is 3.36. The van der Waals surface area contributed by atoms with Crippen LogP contribution in [0.25, 0.3) is 0 Å². The van der Waals surface area contributed by atoms with Gasteiger partial charge in [0.25, 0.3) is 0 Å². The molecule has 0 spiro atoms. The molecule has 3 fully saturated rings. The van der Waals surface area contributed by atoms with Crippen molar-refractivity contribution in [1.29, 1.82) is 0 Å². The molecule has 0 saturated heterocycles. The molecule has 1 unspecified atom stereocenters. The van der Waals surface area contributed by atoms with E-state index in [1.807, 2.05) is 0 Å². The molecule has 206 valence electrons. The zero-order valence-electron chi connectivity index (χ0n) is 23.8. The molecule has 1 nitrogen and oxygen atoms in total. The van der Waals surface area contributed by atoms with E-state index in [1.165, 1.54) is 62.1 Å². The molecule has 0 bridgehead atoms. The molecule has 3 saturated carbocycles. The van der Waals surface area contributed by atoms with Crippen LogP contribution in [-0.2, 0) is 0 Å². The third-order valence-electron chi connectivity index (χ3n) is 11.6. The van der Waals surface area contributed by atoms with Gasteiger partial charge in [0.1, 0.15) is 0 Å². The maximum atomic E-state index is 11.6. The van der Waals surface area contributed by atoms with E-state index < -0.39 is 18.4 Å². The number of hydrogen-bond donors (Lipinski definition) is 1. The Hall–Kier alpha value is -2.10. The predicted octanol–water partition coefficient (Wildman–Crippen LogP) is 6.95. The number of aliphatic hydroxyl groups is 1. The van der Waals surface area contributed by atoms with E-state index in [9.17, 15) is 5.11 Å².